The van der Waals surface area contributed by atoms with Crippen molar-refractivity contribution in [3.8, 4) is 6.07 Å². The number of nitriles is 1. The third-order valence-electron chi connectivity index (χ3n) is 5.85. The molecule has 2 N–H and O–H groups in total. The molecule has 1 aliphatic rings. The molecule has 162 valence electrons. The van der Waals surface area contributed by atoms with Crippen LogP contribution in [0.15, 0.2) is 79.0 Å². The Kier molecular flexibility index (Phi) is 6.98. The summed E-state index contributed by atoms with van der Waals surface area (Å²) in [5.41, 5.74) is 2.55. The third-order valence-corrected chi connectivity index (χ3v) is 5.85. The molecule has 0 unspecified atom stereocenters. The number of rotatable bonds is 6. The molecule has 2 aromatic carbocycles. The van der Waals surface area contributed by atoms with Crippen LogP contribution in [0.3, 0.4) is 0 Å². The van der Waals surface area contributed by atoms with Gasteiger partial charge in [-0.05, 0) is 55.5 Å². The second-order valence-electron chi connectivity index (χ2n) is 8.04. The number of para-hydroxylation sites is 1. The van der Waals surface area contributed by atoms with E-state index in [1.54, 1.807) is 12.3 Å². The highest BCUT2D eigenvalue weighted by molar-refractivity contribution is 5.92. The fourth-order valence-electron chi connectivity index (χ4n) is 4.17. The molecular formula is C26H27N5O. The van der Waals surface area contributed by atoms with E-state index in [1.807, 2.05) is 71.6 Å². The molecule has 6 nitrogen and oxygen atoms in total. The molecule has 1 aliphatic carbocycles. The van der Waals surface area contributed by atoms with Crippen molar-refractivity contribution in [1.82, 2.24) is 10.3 Å². The second-order valence-corrected chi connectivity index (χ2v) is 8.04. The Bertz CT molecular complexity index is 1040. The molecule has 32 heavy (non-hydrogen) atoms. The molecule has 0 aliphatic heterocycles. The lowest BCUT2D eigenvalue weighted by Crippen LogP contribution is -2.48. The average Bonchev–Trinajstić information content (AvgIpc) is 2.86. The number of nitrogens with zero attached hydrogens (tertiary/aromatic N) is 3. The van der Waals surface area contributed by atoms with E-state index in [1.165, 1.54) is 0 Å². The lowest BCUT2D eigenvalue weighted by atomic mass is 9.90. The van der Waals surface area contributed by atoms with Crippen LogP contribution in [0.25, 0.3) is 0 Å². The lowest BCUT2D eigenvalue weighted by Gasteiger charge is -2.37. The summed E-state index contributed by atoms with van der Waals surface area (Å²) in [7, 11) is 0. The molecule has 1 saturated carbocycles. The number of aromatic nitrogens is 1. The number of amides is 2. The highest BCUT2D eigenvalue weighted by atomic mass is 16.2. The van der Waals surface area contributed by atoms with Crippen LogP contribution < -0.4 is 15.5 Å². The van der Waals surface area contributed by atoms with Gasteiger partial charge in [0.15, 0.2) is 0 Å². The predicted molar refractivity (Wildman–Crippen MR) is 126 cm³/mol. The topological polar surface area (TPSA) is 81.0 Å². The van der Waals surface area contributed by atoms with Gasteiger partial charge in [0.2, 0.25) is 0 Å². The highest BCUT2D eigenvalue weighted by Crippen LogP contribution is 2.29. The first-order valence-corrected chi connectivity index (χ1v) is 11.0. The zero-order valence-corrected chi connectivity index (χ0v) is 17.9. The van der Waals surface area contributed by atoms with Gasteiger partial charge in [0.05, 0.1) is 5.56 Å². The number of carbonyl (C=O) groups excluding carboxylic acids is 1. The predicted octanol–water partition coefficient (Wildman–Crippen LogP) is 5.09. The van der Waals surface area contributed by atoms with Gasteiger partial charge in [-0.25, -0.2) is 9.78 Å². The van der Waals surface area contributed by atoms with Gasteiger partial charge in [0.25, 0.3) is 0 Å². The molecule has 1 fully saturated rings. The smallest absolute Gasteiger partial charge is 0.322 e. The standard InChI is InChI=1S/C26H27N5O/c27-17-21-11-16-25(28-19-21)30-22-12-14-24(15-13-22)31(23-9-5-2-6-10-23)26(32)29-18-20-7-3-1-4-8-20/h1-11,16,19,22,24H,12-15,18H2,(H,28,30)(H,29,32)/t22-,24-. The quantitative estimate of drug-likeness (QED) is 0.576. The van der Waals surface area contributed by atoms with E-state index in [-0.39, 0.29) is 12.1 Å². The van der Waals surface area contributed by atoms with Gasteiger partial charge < -0.3 is 10.6 Å². The average molecular weight is 426 g/mol. The van der Waals surface area contributed by atoms with Crippen LogP contribution in [0, 0.1) is 11.3 Å². The van der Waals surface area contributed by atoms with Crippen molar-refractivity contribution >= 4 is 17.5 Å². The Morgan fingerprint density at radius 1 is 0.969 bits per heavy atom. The van der Waals surface area contributed by atoms with Crippen molar-refractivity contribution in [2.24, 2.45) is 0 Å². The summed E-state index contributed by atoms with van der Waals surface area (Å²) in [6, 6.07) is 25.9. The van der Waals surface area contributed by atoms with E-state index < -0.39 is 0 Å². The van der Waals surface area contributed by atoms with E-state index in [0.29, 0.717) is 18.2 Å². The second kappa shape index (κ2) is 10.5. The Hall–Kier alpha value is -3.85. The normalized spacial score (nSPS) is 17.7. The summed E-state index contributed by atoms with van der Waals surface area (Å²) in [5, 5.41) is 15.5. The molecule has 0 spiro atoms. The van der Waals surface area contributed by atoms with Gasteiger partial charge in [-0.15, -0.1) is 0 Å². The largest absolute Gasteiger partial charge is 0.367 e. The summed E-state index contributed by atoms with van der Waals surface area (Å²) < 4.78 is 0. The van der Waals surface area contributed by atoms with Crippen molar-refractivity contribution in [1.29, 1.82) is 5.26 Å². The van der Waals surface area contributed by atoms with Crippen molar-refractivity contribution in [3.05, 3.63) is 90.1 Å². The molecule has 6 heteroatoms. The number of hydrogen-bond donors (Lipinski definition) is 2. The number of hydrogen-bond acceptors (Lipinski definition) is 4. The summed E-state index contributed by atoms with van der Waals surface area (Å²) >= 11 is 0. The fourth-order valence-corrected chi connectivity index (χ4v) is 4.17. The third kappa shape index (κ3) is 5.44. The monoisotopic (exact) mass is 425 g/mol. The number of urea groups is 1. The van der Waals surface area contributed by atoms with Crippen LogP contribution in [-0.2, 0) is 6.54 Å². The fraction of sp³-hybridized carbons (Fsp3) is 0.269. The van der Waals surface area contributed by atoms with Gasteiger partial charge in [-0.3, -0.25) is 4.90 Å². The molecule has 1 heterocycles. The van der Waals surface area contributed by atoms with Crippen LogP contribution in [0.5, 0.6) is 0 Å². The van der Waals surface area contributed by atoms with Crippen LogP contribution in [-0.4, -0.2) is 23.1 Å². The maximum Gasteiger partial charge on any atom is 0.322 e. The minimum Gasteiger partial charge on any atom is -0.367 e. The minimum atomic E-state index is -0.0646. The maximum atomic E-state index is 13.2. The number of benzene rings is 2. The first kappa shape index (κ1) is 21.4. The molecule has 0 radical (unpaired) electrons. The van der Waals surface area contributed by atoms with Crippen LogP contribution in [0.1, 0.15) is 36.8 Å². The molecule has 3 aromatic rings. The summed E-state index contributed by atoms with van der Waals surface area (Å²) in [5.74, 6) is 0.785. The first-order chi connectivity index (χ1) is 15.7. The lowest BCUT2D eigenvalue weighted by molar-refractivity contribution is 0.240. The summed E-state index contributed by atoms with van der Waals surface area (Å²) in [6.07, 6.45) is 5.29. The zero-order chi connectivity index (χ0) is 22.2. The van der Waals surface area contributed by atoms with E-state index in [4.69, 9.17) is 5.26 Å². The minimum absolute atomic E-state index is 0.0646. The van der Waals surface area contributed by atoms with Gasteiger partial charge >= 0.3 is 6.03 Å². The van der Waals surface area contributed by atoms with Crippen molar-refractivity contribution in [2.45, 2.75) is 44.3 Å². The van der Waals surface area contributed by atoms with Gasteiger partial charge in [0.1, 0.15) is 11.9 Å². The molecule has 2 amide bonds. The van der Waals surface area contributed by atoms with Gasteiger partial charge in [-0.1, -0.05) is 48.5 Å². The molecule has 4 rings (SSSR count). The van der Waals surface area contributed by atoms with Gasteiger partial charge in [0, 0.05) is 30.5 Å². The highest BCUT2D eigenvalue weighted by Gasteiger charge is 2.30. The Morgan fingerprint density at radius 3 is 2.28 bits per heavy atom. The molecule has 0 atom stereocenters. The Labute approximate surface area is 188 Å². The number of carbonyl (C=O) groups is 1. The van der Waals surface area contributed by atoms with Gasteiger partial charge in [-0.2, -0.15) is 5.26 Å². The maximum absolute atomic E-state index is 13.2. The molecule has 0 saturated heterocycles. The summed E-state index contributed by atoms with van der Waals surface area (Å²) in [6.45, 7) is 0.504. The number of nitrogens with one attached hydrogen (secondary N) is 2. The van der Waals surface area contributed by atoms with Crippen molar-refractivity contribution in [2.75, 3.05) is 10.2 Å². The molecule has 0 bridgehead atoms. The summed E-state index contributed by atoms with van der Waals surface area (Å²) in [4.78, 5) is 19.4. The Balaban J connectivity index is 1.39. The van der Waals surface area contributed by atoms with Crippen molar-refractivity contribution in [3.63, 3.8) is 0 Å². The van der Waals surface area contributed by atoms with Crippen LogP contribution in [0.2, 0.25) is 0 Å². The van der Waals surface area contributed by atoms with Crippen LogP contribution in [0.4, 0.5) is 16.3 Å². The Morgan fingerprint density at radius 2 is 1.66 bits per heavy atom. The first-order valence-electron chi connectivity index (χ1n) is 11.0. The molecule has 1 aromatic heterocycles. The van der Waals surface area contributed by atoms with E-state index >= 15 is 0 Å². The number of pyridine rings is 1. The van der Waals surface area contributed by atoms with Crippen LogP contribution >= 0.6 is 0 Å². The zero-order valence-electron chi connectivity index (χ0n) is 17.9. The number of anilines is 2. The van der Waals surface area contributed by atoms with E-state index in [9.17, 15) is 4.79 Å². The molecular weight excluding hydrogens is 398 g/mol. The van der Waals surface area contributed by atoms with E-state index in [2.05, 4.69) is 21.7 Å². The SMILES string of the molecule is N#Cc1ccc(N[C@H]2CC[C@H](N(C(=O)NCc3ccccc3)c3ccccc3)CC2)nc1. The van der Waals surface area contributed by atoms with E-state index in [0.717, 1.165) is 42.8 Å². The van der Waals surface area contributed by atoms with Crippen molar-refractivity contribution < 1.29 is 4.79 Å².